The predicted molar refractivity (Wildman–Crippen MR) is 103 cm³/mol. The fourth-order valence-corrected chi connectivity index (χ4v) is 3.07. The lowest BCUT2D eigenvalue weighted by Gasteiger charge is -2.07. The largest absolute Gasteiger partial charge is 0.411 e. The van der Waals surface area contributed by atoms with Crippen LogP contribution in [-0.4, -0.2) is 21.9 Å². The Labute approximate surface area is 166 Å². The summed E-state index contributed by atoms with van der Waals surface area (Å²) in [6.07, 6.45) is 0. The van der Waals surface area contributed by atoms with Gasteiger partial charge in [0.25, 0.3) is 5.22 Å². The second-order valence-electron chi connectivity index (χ2n) is 4.82. The van der Waals surface area contributed by atoms with Gasteiger partial charge in [0.2, 0.25) is 11.8 Å². The molecule has 25 heavy (non-hydrogen) atoms. The quantitative estimate of drug-likeness (QED) is 0.508. The number of thioether (sulfide) groups is 1. The molecule has 2 aromatic carbocycles. The summed E-state index contributed by atoms with van der Waals surface area (Å²) >= 11 is 16.5. The average molecular weight is 459 g/mol. The Morgan fingerprint density at radius 1 is 1.16 bits per heavy atom. The summed E-state index contributed by atoms with van der Waals surface area (Å²) in [6, 6.07) is 12.5. The molecule has 0 unspecified atom stereocenters. The van der Waals surface area contributed by atoms with Crippen molar-refractivity contribution >= 4 is 62.5 Å². The summed E-state index contributed by atoms with van der Waals surface area (Å²) in [5.41, 5.74) is 1.26. The van der Waals surface area contributed by atoms with E-state index in [1.54, 1.807) is 18.2 Å². The number of rotatable bonds is 5. The van der Waals surface area contributed by atoms with E-state index in [-0.39, 0.29) is 11.7 Å². The van der Waals surface area contributed by atoms with Gasteiger partial charge in [-0.2, -0.15) is 0 Å². The van der Waals surface area contributed by atoms with E-state index in [9.17, 15) is 4.79 Å². The lowest BCUT2D eigenvalue weighted by molar-refractivity contribution is -0.113. The molecule has 0 atom stereocenters. The summed E-state index contributed by atoms with van der Waals surface area (Å²) in [5.74, 6) is 0.246. The highest BCUT2D eigenvalue weighted by molar-refractivity contribution is 9.10. The van der Waals surface area contributed by atoms with Gasteiger partial charge in [-0.25, -0.2) is 0 Å². The maximum absolute atomic E-state index is 12.0. The third kappa shape index (κ3) is 4.76. The molecule has 1 amide bonds. The average Bonchev–Trinajstić information content (AvgIpc) is 3.07. The molecule has 0 saturated carbocycles. The number of hydrogen-bond donors (Lipinski definition) is 1. The number of nitrogens with one attached hydrogen (secondary N) is 1. The van der Waals surface area contributed by atoms with Gasteiger partial charge in [-0.05, 0) is 36.4 Å². The van der Waals surface area contributed by atoms with Crippen LogP contribution in [0.3, 0.4) is 0 Å². The zero-order valence-corrected chi connectivity index (χ0v) is 16.4. The topological polar surface area (TPSA) is 68.0 Å². The van der Waals surface area contributed by atoms with Crippen molar-refractivity contribution in [3.63, 3.8) is 0 Å². The van der Waals surface area contributed by atoms with Crippen molar-refractivity contribution in [2.24, 2.45) is 0 Å². The van der Waals surface area contributed by atoms with Crippen LogP contribution in [0.2, 0.25) is 10.0 Å². The molecular weight excluding hydrogens is 449 g/mol. The summed E-state index contributed by atoms with van der Waals surface area (Å²) in [7, 11) is 0. The van der Waals surface area contributed by atoms with Gasteiger partial charge in [-0.1, -0.05) is 57.0 Å². The molecular formula is C16H10BrCl2N3O2S. The van der Waals surface area contributed by atoms with Gasteiger partial charge in [0, 0.05) is 10.0 Å². The molecule has 0 aliphatic heterocycles. The molecule has 1 N–H and O–H groups in total. The first-order valence-corrected chi connectivity index (χ1v) is 9.52. The second-order valence-corrected chi connectivity index (χ2v) is 7.45. The van der Waals surface area contributed by atoms with Crippen LogP contribution in [0.1, 0.15) is 0 Å². The van der Waals surface area contributed by atoms with Crippen molar-refractivity contribution in [2.75, 3.05) is 11.1 Å². The van der Waals surface area contributed by atoms with Gasteiger partial charge in [-0.3, -0.25) is 4.79 Å². The van der Waals surface area contributed by atoms with Gasteiger partial charge in [0.15, 0.2) is 0 Å². The Morgan fingerprint density at radius 3 is 2.68 bits per heavy atom. The Bertz CT molecular complexity index is 903. The smallest absolute Gasteiger partial charge is 0.277 e. The lowest BCUT2D eigenvalue weighted by atomic mass is 10.2. The van der Waals surface area contributed by atoms with E-state index < -0.39 is 0 Å². The van der Waals surface area contributed by atoms with Crippen LogP contribution < -0.4 is 5.32 Å². The normalized spacial score (nSPS) is 10.7. The molecule has 0 fully saturated rings. The molecule has 1 aromatic heterocycles. The minimum absolute atomic E-state index is 0.102. The van der Waals surface area contributed by atoms with Crippen LogP contribution in [0.5, 0.6) is 0 Å². The van der Waals surface area contributed by atoms with Gasteiger partial charge >= 0.3 is 0 Å². The number of halogens is 3. The highest BCUT2D eigenvalue weighted by Gasteiger charge is 2.13. The van der Waals surface area contributed by atoms with Crippen LogP contribution in [0, 0.1) is 0 Å². The molecule has 3 aromatic rings. The van der Waals surface area contributed by atoms with Crippen molar-refractivity contribution in [1.82, 2.24) is 10.2 Å². The van der Waals surface area contributed by atoms with E-state index in [2.05, 4.69) is 31.4 Å². The molecule has 3 rings (SSSR count). The van der Waals surface area contributed by atoms with E-state index >= 15 is 0 Å². The number of carbonyl (C=O) groups is 1. The minimum Gasteiger partial charge on any atom is -0.411 e. The van der Waals surface area contributed by atoms with Gasteiger partial charge < -0.3 is 9.73 Å². The zero-order chi connectivity index (χ0) is 17.8. The molecule has 128 valence electrons. The van der Waals surface area contributed by atoms with Gasteiger partial charge in [0.1, 0.15) is 0 Å². The maximum Gasteiger partial charge on any atom is 0.277 e. The summed E-state index contributed by atoms with van der Waals surface area (Å²) < 4.78 is 6.51. The first kappa shape index (κ1) is 18.3. The molecule has 0 spiro atoms. The number of benzene rings is 2. The summed E-state index contributed by atoms with van der Waals surface area (Å²) in [4.78, 5) is 12.0. The van der Waals surface area contributed by atoms with Crippen molar-refractivity contribution in [1.29, 1.82) is 0 Å². The highest BCUT2D eigenvalue weighted by atomic mass is 79.9. The number of hydrogen-bond acceptors (Lipinski definition) is 5. The third-order valence-electron chi connectivity index (χ3n) is 3.05. The molecule has 9 heteroatoms. The zero-order valence-electron chi connectivity index (χ0n) is 12.5. The van der Waals surface area contributed by atoms with E-state index in [4.69, 9.17) is 27.6 Å². The maximum atomic E-state index is 12.0. The van der Waals surface area contributed by atoms with Crippen LogP contribution in [-0.2, 0) is 4.79 Å². The number of aromatic nitrogens is 2. The monoisotopic (exact) mass is 457 g/mol. The predicted octanol–water partition coefficient (Wildman–Crippen LogP) is 5.54. The molecule has 0 bridgehead atoms. The molecule has 0 radical (unpaired) electrons. The fourth-order valence-electron chi connectivity index (χ4n) is 1.89. The number of amides is 1. The molecule has 0 aliphatic carbocycles. The second kappa shape index (κ2) is 8.23. The van der Waals surface area contributed by atoms with Crippen LogP contribution in [0.4, 0.5) is 5.69 Å². The molecule has 5 nitrogen and oxygen atoms in total. The van der Waals surface area contributed by atoms with Crippen molar-refractivity contribution in [3.8, 4) is 11.5 Å². The Kier molecular flexibility index (Phi) is 6.01. The Morgan fingerprint density at radius 2 is 1.92 bits per heavy atom. The van der Waals surface area contributed by atoms with Crippen molar-refractivity contribution < 1.29 is 9.21 Å². The highest BCUT2D eigenvalue weighted by Crippen LogP contribution is 2.30. The Hall–Kier alpha value is -1.54. The summed E-state index contributed by atoms with van der Waals surface area (Å²) in [6.45, 7) is 0. The van der Waals surface area contributed by atoms with Crippen molar-refractivity contribution in [2.45, 2.75) is 5.22 Å². The van der Waals surface area contributed by atoms with E-state index in [1.807, 2.05) is 24.3 Å². The summed E-state index contributed by atoms with van der Waals surface area (Å²) in [5, 5.41) is 11.6. The van der Waals surface area contributed by atoms with Crippen LogP contribution in [0.25, 0.3) is 11.5 Å². The first-order chi connectivity index (χ1) is 12.0. The van der Waals surface area contributed by atoms with Gasteiger partial charge in [-0.15, -0.1) is 10.2 Å². The molecule has 1 heterocycles. The standard InChI is InChI=1S/C16H10BrCl2N3O2S/c17-10-6-4-9(5-7-10)15-21-22-16(24-15)25-8-13(23)20-12-3-1-2-11(18)14(12)19/h1-7H,8H2,(H,20,23). The third-order valence-corrected chi connectivity index (χ3v) is 5.22. The van der Waals surface area contributed by atoms with Crippen LogP contribution >= 0.6 is 50.9 Å². The number of nitrogens with zero attached hydrogens (tertiary/aromatic N) is 2. The lowest BCUT2D eigenvalue weighted by Crippen LogP contribution is -2.14. The first-order valence-electron chi connectivity index (χ1n) is 6.99. The SMILES string of the molecule is O=C(CSc1nnc(-c2ccc(Br)cc2)o1)Nc1cccc(Cl)c1Cl. The van der Waals surface area contributed by atoms with Crippen LogP contribution in [0.15, 0.2) is 56.6 Å². The van der Waals surface area contributed by atoms with Gasteiger partial charge in [0.05, 0.1) is 21.5 Å². The number of anilines is 1. The van der Waals surface area contributed by atoms with Crippen molar-refractivity contribution in [3.05, 3.63) is 57.0 Å². The van der Waals surface area contributed by atoms with E-state index in [0.29, 0.717) is 26.8 Å². The minimum atomic E-state index is -0.252. The Balaban J connectivity index is 1.59. The van der Waals surface area contributed by atoms with E-state index in [1.165, 1.54) is 0 Å². The molecule has 0 saturated heterocycles. The van der Waals surface area contributed by atoms with E-state index in [0.717, 1.165) is 21.8 Å². The fraction of sp³-hybridized carbons (Fsp3) is 0.0625. The molecule has 0 aliphatic rings. The number of carbonyl (C=O) groups excluding carboxylic acids is 1.